The van der Waals surface area contributed by atoms with Crippen LogP contribution in [0.2, 0.25) is 0 Å². The average Bonchev–Trinajstić information content (AvgIpc) is 3.17. The third-order valence-electron chi connectivity index (χ3n) is 5.31. The molecule has 5 nitrogen and oxygen atoms in total. The predicted octanol–water partition coefficient (Wildman–Crippen LogP) is 3.66. The van der Waals surface area contributed by atoms with E-state index >= 15 is 0 Å². The Balaban J connectivity index is 1.36. The van der Waals surface area contributed by atoms with Crippen LogP contribution in [0.25, 0.3) is 0 Å². The molecule has 1 aliphatic heterocycles. The highest BCUT2D eigenvalue weighted by Gasteiger charge is 2.21. The van der Waals surface area contributed by atoms with Crippen LogP contribution in [0.4, 0.5) is 11.4 Å². The lowest BCUT2D eigenvalue weighted by Gasteiger charge is -2.19. The molecule has 152 valence electrons. The third kappa shape index (κ3) is 4.69. The van der Waals surface area contributed by atoms with Crippen molar-refractivity contribution in [3.05, 3.63) is 95.6 Å². The third-order valence-corrected chi connectivity index (χ3v) is 5.31. The fourth-order valence-electron chi connectivity index (χ4n) is 3.78. The first-order valence-corrected chi connectivity index (χ1v) is 10.2. The Morgan fingerprint density at radius 2 is 1.60 bits per heavy atom. The van der Waals surface area contributed by atoms with E-state index in [1.54, 1.807) is 18.2 Å². The number of amides is 2. The molecule has 1 aliphatic rings. The Bertz CT molecular complexity index is 1030. The van der Waals surface area contributed by atoms with Crippen LogP contribution in [0.1, 0.15) is 21.5 Å². The molecule has 0 saturated heterocycles. The molecule has 5 heteroatoms. The molecule has 0 saturated carbocycles. The molecule has 0 radical (unpaired) electrons. The molecule has 3 aromatic rings. The van der Waals surface area contributed by atoms with Crippen LogP contribution in [0, 0.1) is 0 Å². The smallest absolute Gasteiger partial charge is 0.253 e. The Morgan fingerprint density at radius 3 is 2.47 bits per heavy atom. The summed E-state index contributed by atoms with van der Waals surface area (Å²) in [6.07, 6.45) is 1.71. The van der Waals surface area contributed by atoms with Gasteiger partial charge >= 0.3 is 0 Å². The number of anilines is 2. The molecule has 2 N–H and O–H groups in total. The van der Waals surface area contributed by atoms with E-state index in [1.807, 2.05) is 54.6 Å². The van der Waals surface area contributed by atoms with Crippen LogP contribution in [0.5, 0.6) is 0 Å². The van der Waals surface area contributed by atoms with Gasteiger partial charge in [-0.15, -0.1) is 0 Å². The van der Waals surface area contributed by atoms with Gasteiger partial charge in [-0.1, -0.05) is 60.7 Å². The molecule has 0 aromatic heterocycles. The highest BCUT2D eigenvalue weighted by Crippen LogP contribution is 2.27. The summed E-state index contributed by atoms with van der Waals surface area (Å²) < 4.78 is 0. The summed E-state index contributed by atoms with van der Waals surface area (Å²) in [5.41, 5.74) is 4.56. The maximum atomic E-state index is 12.7. The van der Waals surface area contributed by atoms with Crippen LogP contribution in [-0.2, 0) is 17.6 Å². The number of hydrogen-bond acceptors (Lipinski definition) is 3. The quantitative estimate of drug-likeness (QED) is 0.637. The van der Waals surface area contributed by atoms with E-state index in [2.05, 4.69) is 21.6 Å². The number of hydrogen-bond donors (Lipinski definition) is 2. The van der Waals surface area contributed by atoms with E-state index in [-0.39, 0.29) is 18.4 Å². The van der Waals surface area contributed by atoms with E-state index in [1.165, 1.54) is 11.1 Å². The minimum atomic E-state index is -0.187. The molecule has 0 aliphatic carbocycles. The van der Waals surface area contributed by atoms with Gasteiger partial charge in [0.1, 0.15) is 0 Å². The normalized spacial score (nSPS) is 12.3. The van der Waals surface area contributed by atoms with Gasteiger partial charge in [-0.2, -0.15) is 0 Å². The Morgan fingerprint density at radius 1 is 0.867 bits per heavy atom. The number of nitrogens with one attached hydrogen (secondary N) is 2. The Kier molecular flexibility index (Phi) is 6.09. The first-order valence-electron chi connectivity index (χ1n) is 10.2. The molecular weight excluding hydrogens is 374 g/mol. The Labute approximate surface area is 176 Å². The van der Waals surface area contributed by atoms with Crippen LogP contribution < -0.4 is 15.5 Å². The molecule has 30 heavy (non-hydrogen) atoms. The van der Waals surface area contributed by atoms with E-state index in [4.69, 9.17) is 0 Å². The van der Waals surface area contributed by atoms with Crippen molar-refractivity contribution in [1.29, 1.82) is 0 Å². The Hall–Kier alpha value is -3.60. The zero-order valence-electron chi connectivity index (χ0n) is 16.8. The van der Waals surface area contributed by atoms with E-state index in [9.17, 15) is 9.59 Å². The lowest BCUT2D eigenvalue weighted by atomic mass is 10.1. The van der Waals surface area contributed by atoms with Crippen LogP contribution in [-0.4, -0.2) is 31.4 Å². The molecule has 0 fully saturated rings. The van der Waals surface area contributed by atoms with Gasteiger partial charge in [-0.3, -0.25) is 9.59 Å². The number of nitrogens with zero attached hydrogens (tertiary/aromatic N) is 1. The van der Waals surface area contributed by atoms with Crippen molar-refractivity contribution in [2.24, 2.45) is 0 Å². The molecule has 0 atom stereocenters. The second-order valence-corrected chi connectivity index (χ2v) is 7.39. The molecule has 0 bridgehead atoms. The zero-order chi connectivity index (χ0) is 20.8. The second-order valence-electron chi connectivity index (χ2n) is 7.39. The maximum Gasteiger partial charge on any atom is 0.253 e. The standard InChI is InChI=1S/C25H25N3O2/c29-24(18-28-17-15-20-10-4-7-13-23(20)28)27-22-12-6-5-11-21(22)25(30)26-16-14-19-8-2-1-3-9-19/h1-13H,14-18H2,(H,26,30)(H,27,29). The molecule has 2 amide bonds. The molecule has 3 aromatic carbocycles. The topological polar surface area (TPSA) is 61.4 Å². The van der Waals surface area contributed by atoms with Crippen molar-refractivity contribution >= 4 is 23.2 Å². The molecular formula is C25H25N3O2. The molecule has 4 rings (SSSR count). The average molecular weight is 399 g/mol. The van der Waals surface area contributed by atoms with Crippen molar-refractivity contribution in [2.75, 3.05) is 29.9 Å². The molecule has 0 spiro atoms. The van der Waals surface area contributed by atoms with Crippen molar-refractivity contribution < 1.29 is 9.59 Å². The van der Waals surface area contributed by atoms with Gasteiger partial charge in [0.2, 0.25) is 5.91 Å². The highest BCUT2D eigenvalue weighted by atomic mass is 16.2. The number of fused-ring (bicyclic) bond motifs is 1. The van der Waals surface area contributed by atoms with Crippen LogP contribution >= 0.6 is 0 Å². The summed E-state index contributed by atoms with van der Waals surface area (Å²) in [6, 6.07) is 25.3. The fraction of sp³-hybridized carbons (Fsp3) is 0.200. The zero-order valence-corrected chi connectivity index (χ0v) is 16.8. The minimum Gasteiger partial charge on any atom is -0.362 e. The van der Waals surface area contributed by atoms with Crippen LogP contribution in [0.15, 0.2) is 78.9 Å². The second kappa shape index (κ2) is 9.27. The molecule has 0 unspecified atom stereocenters. The van der Waals surface area contributed by atoms with Crippen molar-refractivity contribution in [2.45, 2.75) is 12.8 Å². The van der Waals surface area contributed by atoms with Gasteiger partial charge < -0.3 is 15.5 Å². The number of para-hydroxylation sites is 2. The predicted molar refractivity (Wildman–Crippen MR) is 120 cm³/mol. The summed E-state index contributed by atoms with van der Waals surface area (Å²) in [4.78, 5) is 27.4. The van der Waals surface area contributed by atoms with Gasteiger partial charge in [0.25, 0.3) is 5.91 Å². The summed E-state index contributed by atoms with van der Waals surface area (Å²) in [5.74, 6) is -0.315. The lowest BCUT2D eigenvalue weighted by Crippen LogP contribution is -2.33. The SMILES string of the molecule is O=C(CN1CCc2ccccc21)Nc1ccccc1C(=O)NCCc1ccccc1. The van der Waals surface area contributed by atoms with Gasteiger partial charge in [0.15, 0.2) is 0 Å². The van der Waals surface area contributed by atoms with Crippen molar-refractivity contribution in [1.82, 2.24) is 5.32 Å². The van der Waals surface area contributed by atoms with Crippen molar-refractivity contribution in [3.8, 4) is 0 Å². The minimum absolute atomic E-state index is 0.128. The number of benzene rings is 3. The lowest BCUT2D eigenvalue weighted by molar-refractivity contribution is -0.115. The van der Waals surface area contributed by atoms with Gasteiger partial charge in [-0.05, 0) is 42.2 Å². The number of rotatable bonds is 7. The van der Waals surface area contributed by atoms with Crippen LogP contribution in [0.3, 0.4) is 0 Å². The number of carbonyl (C=O) groups excluding carboxylic acids is 2. The van der Waals surface area contributed by atoms with Gasteiger partial charge in [0.05, 0.1) is 17.8 Å². The number of carbonyl (C=O) groups is 2. The van der Waals surface area contributed by atoms with Gasteiger partial charge in [-0.25, -0.2) is 0 Å². The van der Waals surface area contributed by atoms with E-state index in [0.29, 0.717) is 17.8 Å². The van der Waals surface area contributed by atoms with Gasteiger partial charge in [0, 0.05) is 18.8 Å². The molecule has 1 heterocycles. The largest absolute Gasteiger partial charge is 0.362 e. The maximum absolute atomic E-state index is 12.7. The summed E-state index contributed by atoms with van der Waals surface area (Å²) >= 11 is 0. The summed E-state index contributed by atoms with van der Waals surface area (Å²) in [6.45, 7) is 1.63. The monoisotopic (exact) mass is 399 g/mol. The highest BCUT2D eigenvalue weighted by molar-refractivity contribution is 6.04. The summed E-state index contributed by atoms with van der Waals surface area (Å²) in [7, 11) is 0. The van der Waals surface area contributed by atoms with Crippen molar-refractivity contribution in [3.63, 3.8) is 0 Å². The van der Waals surface area contributed by atoms with E-state index in [0.717, 1.165) is 25.1 Å². The fourth-order valence-corrected chi connectivity index (χ4v) is 3.78. The van der Waals surface area contributed by atoms with E-state index < -0.39 is 0 Å². The first-order chi connectivity index (χ1) is 14.7. The first kappa shape index (κ1) is 19.7. The summed E-state index contributed by atoms with van der Waals surface area (Å²) in [5, 5.41) is 5.86.